The van der Waals surface area contributed by atoms with Crippen LogP contribution in [0.15, 0.2) is 36.4 Å². The van der Waals surface area contributed by atoms with Crippen LogP contribution in [0.3, 0.4) is 0 Å². The van der Waals surface area contributed by atoms with Gasteiger partial charge in [0.1, 0.15) is 6.42 Å². The molecule has 5 nitrogen and oxygen atoms in total. The third-order valence-electron chi connectivity index (χ3n) is 5.45. The minimum absolute atomic E-state index is 0.130. The minimum Gasteiger partial charge on any atom is -0.358 e. The van der Waals surface area contributed by atoms with E-state index in [1.165, 1.54) is 22.2 Å². The molecule has 3 aromatic rings. The first kappa shape index (κ1) is 18.3. The Morgan fingerprint density at radius 2 is 1.82 bits per heavy atom. The number of aromatic amines is 1. The van der Waals surface area contributed by atoms with E-state index < -0.39 is 0 Å². The van der Waals surface area contributed by atoms with Gasteiger partial charge in [-0.3, -0.25) is 9.59 Å². The third-order valence-corrected chi connectivity index (χ3v) is 5.45. The molecule has 0 saturated heterocycles. The van der Waals surface area contributed by atoms with Gasteiger partial charge >= 0.3 is 0 Å². The lowest BCUT2D eigenvalue weighted by molar-refractivity contribution is -0.135. The summed E-state index contributed by atoms with van der Waals surface area (Å²) >= 11 is 0. The smallest absolute Gasteiger partial charge is 0.233 e. The van der Waals surface area contributed by atoms with Gasteiger partial charge in [0.05, 0.1) is 0 Å². The lowest BCUT2D eigenvalue weighted by atomic mass is 10.0. The van der Waals surface area contributed by atoms with Crippen molar-refractivity contribution in [3.63, 3.8) is 0 Å². The monoisotopic (exact) mass is 375 g/mol. The summed E-state index contributed by atoms with van der Waals surface area (Å²) in [5, 5.41) is 4.04. The van der Waals surface area contributed by atoms with E-state index in [0.717, 1.165) is 28.8 Å². The summed E-state index contributed by atoms with van der Waals surface area (Å²) in [4.78, 5) is 30.4. The summed E-state index contributed by atoms with van der Waals surface area (Å²) in [5.74, 6) is -0.396. The number of aromatic nitrogens is 1. The average Bonchev–Trinajstić information content (AvgIpc) is 3.01. The van der Waals surface area contributed by atoms with Crippen molar-refractivity contribution in [2.45, 2.75) is 40.2 Å². The maximum Gasteiger partial charge on any atom is 0.233 e. The van der Waals surface area contributed by atoms with Gasteiger partial charge in [0.15, 0.2) is 0 Å². The summed E-state index contributed by atoms with van der Waals surface area (Å²) < 4.78 is 0. The Bertz CT molecular complexity index is 1080. The van der Waals surface area contributed by atoms with Crippen molar-refractivity contribution in [3.8, 4) is 0 Å². The van der Waals surface area contributed by atoms with Crippen LogP contribution in [0.2, 0.25) is 0 Å². The van der Waals surface area contributed by atoms with E-state index in [2.05, 4.69) is 35.4 Å². The predicted octanol–water partition coefficient (Wildman–Crippen LogP) is 4.01. The van der Waals surface area contributed by atoms with Crippen LogP contribution >= 0.6 is 0 Å². The molecular weight excluding hydrogens is 350 g/mol. The number of carbonyl (C=O) groups is 2. The number of benzene rings is 2. The molecule has 5 heteroatoms. The largest absolute Gasteiger partial charge is 0.358 e. The Hall–Kier alpha value is -3.08. The second-order valence-corrected chi connectivity index (χ2v) is 7.74. The van der Waals surface area contributed by atoms with Gasteiger partial charge in [-0.1, -0.05) is 29.3 Å². The van der Waals surface area contributed by atoms with Crippen molar-refractivity contribution in [2.24, 2.45) is 0 Å². The molecule has 144 valence electrons. The number of aryl methyl sites for hydroxylation is 3. The molecule has 2 heterocycles. The van der Waals surface area contributed by atoms with E-state index in [1.54, 1.807) is 4.90 Å². The zero-order valence-corrected chi connectivity index (χ0v) is 16.6. The lowest BCUT2D eigenvalue weighted by Gasteiger charge is -2.27. The molecule has 4 rings (SSSR count). The summed E-state index contributed by atoms with van der Waals surface area (Å²) in [6.07, 6.45) is 0.650. The highest BCUT2D eigenvalue weighted by Gasteiger charge is 2.25. The number of carbonyl (C=O) groups excluding carboxylic acids is 2. The number of anilines is 1. The van der Waals surface area contributed by atoms with E-state index in [4.69, 9.17) is 0 Å². The first-order valence-corrected chi connectivity index (χ1v) is 9.65. The van der Waals surface area contributed by atoms with Crippen LogP contribution in [0, 0.1) is 20.8 Å². The van der Waals surface area contributed by atoms with Gasteiger partial charge in [-0.15, -0.1) is 0 Å². The topological polar surface area (TPSA) is 65.2 Å². The van der Waals surface area contributed by atoms with Crippen molar-refractivity contribution in [1.82, 2.24) is 9.88 Å². The van der Waals surface area contributed by atoms with Crippen molar-refractivity contribution in [2.75, 3.05) is 11.9 Å². The maximum atomic E-state index is 12.7. The number of hydrogen-bond acceptors (Lipinski definition) is 2. The predicted molar refractivity (Wildman–Crippen MR) is 111 cm³/mol. The number of nitrogens with zero attached hydrogens (tertiary/aromatic N) is 1. The molecule has 0 unspecified atom stereocenters. The van der Waals surface area contributed by atoms with Crippen molar-refractivity contribution < 1.29 is 9.59 Å². The maximum absolute atomic E-state index is 12.7. The molecular formula is C23H25N3O2. The number of rotatable bonds is 3. The number of hydrogen-bond donors (Lipinski definition) is 2. The lowest BCUT2D eigenvalue weighted by Crippen LogP contribution is -2.37. The fourth-order valence-electron chi connectivity index (χ4n) is 3.94. The zero-order chi connectivity index (χ0) is 19.8. The molecule has 0 atom stereocenters. The molecule has 2 aromatic carbocycles. The zero-order valence-electron chi connectivity index (χ0n) is 16.6. The van der Waals surface area contributed by atoms with Gasteiger partial charge in [-0.2, -0.15) is 0 Å². The van der Waals surface area contributed by atoms with Crippen LogP contribution in [0.5, 0.6) is 0 Å². The summed E-state index contributed by atoms with van der Waals surface area (Å²) in [5.41, 5.74) is 7.58. The van der Waals surface area contributed by atoms with Crippen LogP contribution in [0.25, 0.3) is 10.9 Å². The Morgan fingerprint density at radius 3 is 2.61 bits per heavy atom. The van der Waals surface area contributed by atoms with E-state index in [9.17, 15) is 9.59 Å². The van der Waals surface area contributed by atoms with Crippen LogP contribution < -0.4 is 5.32 Å². The van der Waals surface area contributed by atoms with Gasteiger partial charge < -0.3 is 15.2 Å². The molecule has 0 aliphatic carbocycles. The van der Waals surface area contributed by atoms with Gasteiger partial charge in [0, 0.05) is 47.4 Å². The van der Waals surface area contributed by atoms with E-state index in [0.29, 0.717) is 13.1 Å². The molecule has 2 amide bonds. The van der Waals surface area contributed by atoms with Gasteiger partial charge in [-0.25, -0.2) is 0 Å². The third kappa shape index (κ3) is 3.52. The van der Waals surface area contributed by atoms with Crippen LogP contribution in [0.4, 0.5) is 5.69 Å². The Morgan fingerprint density at radius 1 is 1.07 bits per heavy atom. The highest BCUT2D eigenvalue weighted by molar-refractivity contribution is 6.04. The Kier molecular flexibility index (Phi) is 4.67. The molecule has 0 fully saturated rings. The summed E-state index contributed by atoms with van der Waals surface area (Å²) in [6, 6.07) is 12.2. The molecule has 1 aromatic heterocycles. The number of fused-ring (bicyclic) bond motifs is 3. The quantitative estimate of drug-likeness (QED) is 0.680. The molecule has 0 bridgehead atoms. The van der Waals surface area contributed by atoms with Crippen LogP contribution in [-0.4, -0.2) is 28.2 Å². The Balaban J connectivity index is 1.45. The second kappa shape index (κ2) is 7.15. The molecule has 1 aliphatic heterocycles. The van der Waals surface area contributed by atoms with Gasteiger partial charge in [0.2, 0.25) is 11.8 Å². The molecule has 0 spiro atoms. The molecule has 2 N–H and O–H groups in total. The van der Waals surface area contributed by atoms with Crippen molar-refractivity contribution >= 4 is 28.4 Å². The number of amides is 2. The first-order valence-electron chi connectivity index (χ1n) is 9.65. The van der Waals surface area contributed by atoms with Crippen LogP contribution in [-0.2, 0) is 22.6 Å². The standard InChI is InChI=1S/C23H25N3O2/c1-14-4-6-19(16(3)10-14)25-22(27)12-23(28)26-9-8-21-18(13-26)17-11-15(2)5-7-20(17)24-21/h4-7,10-11,24H,8-9,12-13H2,1-3H3,(H,25,27). The van der Waals surface area contributed by atoms with E-state index in [1.807, 2.05) is 32.0 Å². The van der Waals surface area contributed by atoms with Crippen LogP contribution in [0.1, 0.15) is 34.4 Å². The SMILES string of the molecule is Cc1ccc(NC(=O)CC(=O)N2CCc3[nH]c4ccc(C)cc4c3C2)c(C)c1. The number of nitrogens with one attached hydrogen (secondary N) is 2. The van der Waals surface area contributed by atoms with Gasteiger partial charge in [0.25, 0.3) is 0 Å². The van der Waals surface area contributed by atoms with Gasteiger partial charge in [-0.05, 0) is 44.5 Å². The van der Waals surface area contributed by atoms with Crippen molar-refractivity contribution in [1.29, 1.82) is 0 Å². The second-order valence-electron chi connectivity index (χ2n) is 7.74. The first-order chi connectivity index (χ1) is 13.4. The number of H-pyrrole nitrogens is 1. The Labute approximate surface area is 164 Å². The normalized spacial score (nSPS) is 13.5. The molecule has 28 heavy (non-hydrogen) atoms. The summed E-state index contributed by atoms with van der Waals surface area (Å²) in [6.45, 7) is 7.22. The van der Waals surface area contributed by atoms with E-state index >= 15 is 0 Å². The fraction of sp³-hybridized carbons (Fsp3) is 0.304. The molecule has 0 saturated carbocycles. The van der Waals surface area contributed by atoms with Crippen molar-refractivity contribution in [3.05, 3.63) is 64.3 Å². The average molecular weight is 375 g/mol. The minimum atomic E-state index is -0.266. The molecule has 1 aliphatic rings. The summed E-state index contributed by atoms with van der Waals surface area (Å²) in [7, 11) is 0. The highest BCUT2D eigenvalue weighted by atomic mass is 16.2. The highest BCUT2D eigenvalue weighted by Crippen LogP contribution is 2.28. The molecule has 0 radical (unpaired) electrons. The van der Waals surface area contributed by atoms with E-state index in [-0.39, 0.29) is 18.2 Å². The fourth-order valence-corrected chi connectivity index (χ4v) is 3.94.